The Balaban J connectivity index is 3.59. The van der Waals surface area contributed by atoms with E-state index < -0.39 is 11.9 Å². The minimum absolute atomic E-state index is 0.128. The Morgan fingerprint density at radius 2 is 1.59 bits per heavy atom. The highest BCUT2D eigenvalue weighted by Crippen LogP contribution is 2.06. The van der Waals surface area contributed by atoms with Gasteiger partial charge < -0.3 is 9.47 Å². The first-order chi connectivity index (χ1) is 10.6. The first-order valence-corrected chi connectivity index (χ1v) is 8.75. The Hall–Kier alpha value is -1.03. The average Bonchev–Trinajstić information content (AvgIpc) is 2.48. The minimum atomic E-state index is -0.503. The molecule has 0 aromatic rings. The minimum Gasteiger partial charge on any atom is -0.463 e. The SMILES string of the molecule is CCCC(C)OC(=O)/C=C/C(=O)OCCCCCCCCCl. The van der Waals surface area contributed by atoms with Crippen molar-refractivity contribution in [2.75, 3.05) is 12.5 Å². The van der Waals surface area contributed by atoms with Crippen LogP contribution in [-0.2, 0) is 19.1 Å². The Bertz CT molecular complexity index is 329. The molecule has 0 aromatic heterocycles. The van der Waals surface area contributed by atoms with Crippen LogP contribution in [0.3, 0.4) is 0 Å². The van der Waals surface area contributed by atoms with E-state index in [1.807, 2.05) is 13.8 Å². The van der Waals surface area contributed by atoms with E-state index in [4.69, 9.17) is 21.1 Å². The van der Waals surface area contributed by atoms with Crippen molar-refractivity contribution in [3.05, 3.63) is 12.2 Å². The molecule has 0 spiro atoms. The lowest BCUT2D eigenvalue weighted by atomic mass is 10.1. The number of rotatable bonds is 13. The number of halogens is 1. The molecule has 0 aliphatic heterocycles. The fourth-order valence-electron chi connectivity index (χ4n) is 1.96. The first kappa shape index (κ1) is 21.0. The highest BCUT2D eigenvalue weighted by atomic mass is 35.5. The predicted molar refractivity (Wildman–Crippen MR) is 89.0 cm³/mol. The van der Waals surface area contributed by atoms with Crippen molar-refractivity contribution in [1.29, 1.82) is 0 Å². The molecule has 0 N–H and O–H groups in total. The van der Waals surface area contributed by atoms with E-state index in [1.165, 1.54) is 6.42 Å². The van der Waals surface area contributed by atoms with Crippen LogP contribution in [0, 0.1) is 0 Å². The van der Waals surface area contributed by atoms with E-state index in [-0.39, 0.29) is 6.10 Å². The van der Waals surface area contributed by atoms with Gasteiger partial charge in [-0.25, -0.2) is 9.59 Å². The van der Waals surface area contributed by atoms with Gasteiger partial charge in [0.05, 0.1) is 12.7 Å². The van der Waals surface area contributed by atoms with Crippen LogP contribution in [0.15, 0.2) is 12.2 Å². The third kappa shape index (κ3) is 13.9. The second kappa shape index (κ2) is 14.9. The second-order valence-corrected chi connectivity index (χ2v) is 5.73. The van der Waals surface area contributed by atoms with Crippen LogP contribution < -0.4 is 0 Å². The van der Waals surface area contributed by atoms with Crippen LogP contribution in [-0.4, -0.2) is 30.5 Å². The molecule has 0 amide bonds. The van der Waals surface area contributed by atoms with Gasteiger partial charge >= 0.3 is 11.9 Å². The third-order valence-corrected chi connectivity index (χ3v) is 3.41. The maximum atomic E-state index is 11.4. The van der Waals surface area contributed by atoms with Gasteiger partial charge in [-0.15, -0.1) is 11.6 Å². The normalized spacial score (nSPS) is 12.3. The molecular formula is C17H29ClO4. The molecule has 4 nitrogen and oxygen atoms in total. The number of ether oxygens (including phenoxy) is 2. The molecule has 22 heavy (non-hydrogen) atoms. The maximum absolute atomic E-state index is 11.4. The van der Waals surface area contributed by atoms with Crippen LogP contribution in [0.25, 0.3) is 0 Å². The average molecular weight is 333 g/mol. The molecule has 0 bridgehead atoms. The lowest BCUT2D eigenvalue weighted by molar-refractivity contribution is -0.143. The largest absolute Gasteiger partial charge is 0.463 e. The molecule has 0 aromatic carbocycles. The van der Waals surface area contributed by atoms with Crippen LogP contribution >= 0.6 is 11.6 Å². The zero-order valence-electron chi connectivity index (χ0n) is 13.8. The lowest BCUT2D eigenvalue weighted by Gasteiger charge is -2.09. The quantitative estimate of drug-likeness (QED) is 0.217. The van der Waals surface area contributed by atoms with Crippen LogP contribution in [0.2, 0.25) is 0 Å². The van der Waals surface area contributed by atoms with Gasteiger partial charge in [-0.1, -0.05) is 39.0 Å². The summed E-state index contributed by atoms with van der Waals surface area (Å²) >= 11 is 5.60. The number of carbonyl (C=O) groups excluding carboxylic acids is 2. The first-order valence-electron chi connectivity index (χ1n) is 8.21. The van der Waals surface area contributed by atoms with Gasteiger partial charge in [-0.05, 0) is 26.2 Å². The highest BCUT2D eigenvalue weighted by molar-refractivity contribution is 6.17. The standard InChI is InChI=1S/C17H29ClO4/c1-3-10-15(2)22-17(20)12-11-16(19)21-14-9-7-5-4-6-8-13-18/h11-12,15H,3-10,13-14H2,1-2H3/b12-11+. The Labute approximate surface area is 139 Å². The summed E-state index contributed by atoms with van der Waals surface area (Å²) in [6.45, 7) is 4.25. The van der Waals surface area contributed by atoms with Gasteiger partial charge in [-0.2, -0.15) is 0 Å². The maximum Gasteiger partial charge on any atom is 0.331 e. The van der Waals surface area contributed by atoms with Crippen molar-refractivity contribution < 1.29 is 19.1 Å². The van der Waals surface area contributed by atoms with E-state index in [0.717, 1.165) is 63.0 Å². The molecule has 0 fully saturated rings. The third-order valence-electron chi connectivity index (χ3n) is 3.14. The number of hydrogen-bond donors (Lipinski definition) is 0. The Morgan fingerprint density at radius 3 is 2.23 bits per heavy atom. The Morgan fingerprint density at radius 1 is 1.00 bits per heavy atom. The van der Waals surface area contributed by atoms with Crippen molar-refractivity contribution in [2.45, 2.75) is 71.3 Å². The summed E-state index contributed by atoms with van der Waals surface area (Å²) in [5.74, 6) is -0.275. The van der Waals surface area contributed by atoms with Crippen molar-refractivity contribution in [3.63, 3.8) is 0 Å². The summed E-state index contributed by atoms with van der Waals surface area (Å²) in [5.41, 5.74) is 0. The van der Waals surface area contributed by atoms with Crippen molar-refractivity contribution in [2.24, 2.45) is 0 Å². The van der Waals surface area contributed by atoms with Crippen LogP contribution in [0.5, 0.6) is 0 Å². The topological polar surface area (TPSA) is 52.6 Å². The van der Waals surface area contributed by atoms with Gasteiger partial charge in [0.25, 0.3) is 0 Å². The summed E-state index contributed by atoms with van der Waals surface area (Å²) in [6.07, 6.45) is 10.3. The number of unbranched alkanes of at least 4 members (excludes halogenated alkanes) is 5. The van der Waals surface area contributed by atoms with E-state index in [1.54, 1.807) is 0 Å². The van der Waals surface area contributed by atoms with Crippen molar-refractivity contribution >= 4 is 23.5 Å². The lowest BCUT2D eigenvalue weighted by Crippen LogP contribution is -2.13. The van der Waals surface area contributed by atoms with Gasteiger partial charge in [0, 0.05) is 18.0 Å². The van der Waals surface area contributed by atoms with E-state index in [9.17, 15) is 9.59 Å². The fourth-order valence-corrected chi connectivity index (χ4v) is 2.15. The molecule has 0 saturated heterocycles. The molecule has 0 heterocycles. The van der Waals surface area contributed by atoms with Gasteiger partial charge in [-0.3, -0.25) is 0 Å². The van der Waals surface area contributed by atoms with E-state index in [2.05, 4.69) is 0 Å². The summed E-state index contributed by atoms with van der Waals surface area (Å²) in [7, 11) is 0. The molecule has 0 aliphatic carbocycles. The van der Waals surface area contributed by atoms with Crippen LogP contribution in [0.1, 0.15) is 65.2 Å². The Kier molecular flexibility index (Phi) is 14.2. The monoisotopic (exact) mass is 332 g/mol. The van der Waals surface area contributed by atoms with E-state index in [0.29, 0.717) is 6.61 Å². The number of hydrogen-bond acceptors (Lipinski definition) is 4. The number of alkyl halides is 1. The molecule has 1 unspecified atom stereocenters. The summed E-state index contributed by atoms with van der Waals surface area (Å²) < 4.78 is 10.1. The van der Waals surface area contributed by atoms with Gasteiger partial charge in [0.1, 0.15) is 0 Å². The fraction of sp³-hybridized carbons (Fsp3) is 0.765. The van der Waals surface area contributed by atoms with Gasteiger partial charge in [0.2, 0.25) is 0 Å². The van der Waals surface area contributed by atoms with Gasteiger partial charge in [0.15, 0.2) is 0 Å². The van der Waals surface area contributed by atoms with Crippen molar-refractivity contribution in [3.8, 4) is 0 Å². The predicted octanol–water partition coefficient (Wildman–Crippen LogP) is 4.40. The summed E-state index contributed by atoms with van der Waals surface area (Å²) in [5, 5.41) is 0. The molecular weight excluding hydrogens is 304 g/mol. The summed E-state index contributed by atoms with van der Waals surface area (Å²) in [4.78, 5) is 22.8. The molecule has 0 rings (SSSR count). The summed E-state index contributed by atoms with van der Waals surface area (Å²) in [6, 6.07) is 0. The van der Waals surface area contributed by atoms with Crippen LogP contribution in [0.4, 0.5) is 0 Å². The molecule has 1 atom stereocenters. The second-order valence-electron chi connectivity index (χ2n) is 5.35. The molecule has 128 valence electrons. The highest BCUT2D eigenvalue weighted by Gasteiger charge is 2.06. The zero-order valence-corrected chi connectivity index (χ0v) is 14.6. The molecule has 5 heteroatoms. The van der Waals surface area contributed by atoms with E-state index >= 15 is 0 Å². The molecule has 0 aliphatic rings. The molecule has 0 radical (unpaired) electrons. The van der Waals surface area contributed by atoms with Crippen molar-refractivity contribution in [1.82, 2.24) is 0 Å². The zero-order chi connectivity index (χ0) is 16.6. The molecule has 0 saturated carbocycles. The smallest absolute Gasteiger partial charge is 0.331 e. The number of carbonyl (C=O) groups is 2. The number of esters is 2.